The first kappa shape index (κ1) is 19.4. The lowest BCUT2D eigenvalue weighted by atomic mass is 10.1. The topological polar surface area (TPSA) is 76.1 Å². The largest absolute Gasteiger partial charge is 0.489 e. The van der Waals surface area contributed by atoms with E-state index in [4.69, 9.17) is 4.74 Å². The molecule has 0 atom stereocenters. The molecule has 0 radical (unpaired) electrons. The van der Waals surface area contributed by atoms with Crippen molar-refractivity contribution in [3.63, 3.8) is 0 Å². The van der Waals surface area contributed by atoms with Crippen molar-refractivity contribution in [2.75, 3.05) is 10.6 Å². The Labute approximate surface area is 165 Å². The molecule has 0 spiro atoms. The molecule has 1 heterocycles. The van der Waals surface area contributed by atoms with Crippen LogP contribution in [0.4, 0.5) is 17.3 Å². The number of amides is 1. The number of aromatic nitrogens is 2. The second-order valence-electron chi connectivity index (χ2n) is 6.86. The number of carbonyl (C=O) groups is 1. The molecule has 3 aromatic rings. The Bertz CT molecular complexity index is 969. The van der Waals surface area contributed by atoms with Crippen LogP contribution >= 0.6 is 0 Å². The van der Waals surface area contributed by atoms with E-state index in [1.807, 2.05) is 70.2 Å². The Kier molecular flexibility index (Phi) is 5.89. The molecule has 0 aliphatic heterocycles. The Hall–Kier alpha value is -3.41. The molecule has 0 bridgehead atoms. The highest BCUT2D eigenvalue weighted by molar-refractivity contribution is 6.04. The standard InChI is InChI=1S/C22H24N4O2/c1-14(2)28-20-8-6-5-7-19(20)26-22-23-12-17(13-24-22)21(27)25-18-10-9-15(3)11-16(18)4/h5-14H,1-4H3,(H,25,27)(H,23,24,26). The van der Waals surface area contributed by atoms with E-state index in [1.54, 1.807) is 0 Å². The summed E-state index contributed by atoms with van der Waals surface area (Å²) in [5.74, 6) is 0.864. The second kappa shape index (κ2) is 8.52. The minimum absolute atomic E-state index is 0.0557. The summed E-state index contributed by atoms with van der Waals surface area (Å²) in [5, 5.41) is 6.02. The van der Waals surface area contributed by atoms with E-state index in [1.165, 1.54) is 12.4 Å². The van der Waals surface area contributed by atoms with Gasteiger partial charge in [0.25, 0.3) is 5.91 Å². The first-order valence-electron chi connectivity index (χ1n) is 9.15. The van der Waals surface area contributed by atoms with Gasteiger partial charge in [-0.25, -0.2) is 9.97 Å². The zero-order chi connectivity index (χ0) is 20.1. The van der Waals surface area contributed by atoms with Gasteiger partial charge in [-0.3, -0.25) is 4.79 Å². The molecule has 144 valence electrons. The van der Waals surface area contributed by atoms with Crippen LogP contribution in [-0.2, 0) is 0 Å². The van der Waals surface area contributed by atoms with Gasteiger partial charge in [-0.15, -0.1) is 0 Å². The molecule has 1 amide bonds. The number of para-hydroxylation sites is 2. The maximum Gasteiger partial charge on any atom is 0.258 e. The minimum atomic E-state index is -0.248. The maximum atomic E-state index is 12.5. The Morgan fingerprint density at radius 3 is 2.39 bits per heavy atom. The van der Waals surface area contributed by atoms with Crippen molar-refractivity contribution in [1.29, 1.82) is 0 Å². The maximum absolute atomic E-state index is 12.5. The Balaban J connectivity index is 1.71. The van der Waals surface area contributed by atoms with Gasteiger partial charge in [0.15, 0.2) is 0 Å². The zero-order valence-electron chi connectivity index (χ0n) is 16.5. The van der Waals surface area contributed by atoms with Crippen molar-refractivity contribution in [3.8, 4) is 5.75 Å². The minimum Gasteiger partial charge on any atom is -0.489 e. The van der Waals surface area contributed by atoms with Crippen molar-refractivity contribution in [2.24, 2.45) is 0 Å². The fourth-order valence-electron chi connectivity index (χ4n) is 2.71. The fraction of sp³-hybridized carbons (Fsp3) is 0.227. The lowest BCUT2D eigenvalue weighted by Gasteiger charge is -2.14. The SMILES string of the molecule is Cc1ccc(NC(=O)c2cnc(Nc3ccccc3OC(C)C)nc2)c(C)c1. The number of benzene rings is 2. The van der Waals surface area contributed by atoms with Crippen molar-refractivity contribution in [1.82, 2.24) is 9.97 Å². The van der Waals surface area contributed by atoms with E-state index in [2.05, 4.69) is 20.6 Å². The van der Waals surface area contributed by atoms with Crippen molar-refractivity contribution in [3.05, 3.63) is 71.5 Å². The summed E-state index contributed by atoms with van der Waals surface area (Å²) in [6, 6.07) is 13.5. The summed E-state index contributed by atoms with van der Waals surface area (Å²) >= 11 is 0. The Morgan fingerprint density at radius 2 is 1.71 bits per heavy atom. The number of anilines is 3. The van der Waals surface area contributed by atoms with E-state index in [0.717, 1.165) is 28.3 Å². The van der Waals surface area contributed by atoms with Gasteiger partial charge >= 0.3 is 0 Å². The van der Waals surface area contributed by atoms with Gasteiger partial charge in [0.05, 0.1) is 17.4 Å². The molecule has 0 fully saturated rings. The molecule has 28 heavy (non-hydrogen) atoms. The molecule has 0 aliphatic carbocycles. The molecule has 1 aromatic heterocycles. The van der Waals surface area contributed by atoms with Crippen LogP contribution in [0, 0.1) is 13.8 Å². The monoisotopic (exact) mass is 376 g/mol. The normalized spacial score (nSPS) is 10.6. The predicted molar refractivity (Wildman–Crippen MR) is 111 cm³/mol. The number of hydrogen-bond acceptors (Lipinski definition) is 5. The first-order valence-corrected chi connectivity index (χ1v) is 9.15. The third-order valence-electron chi connectivity index (χ3n) is 4.04. The van der Waals surface area contributed by atoms with Gasteiger partial charge in [0.1, 0.15) is 5.75 Å². The van der Waals surface area contributed by atoms with E-state index in [-0.39, 0.29) is 12.0 Å². The van der Waals surface area contributed by atoms with Gasteiger partial charge in [0, 0.05) is 18.1 Å². The smallest absolute Gasteiger partial charge is 0.258 e. The number of rotatable bonds is 6. The molecule has 2 aromatic carbocycles. The van der Waals surface area contributed by atoms with E-state index in [0.29, 0.717) is 11.5 Å². The van der Waals surface area contributed by atoms with Crippen molar-refractivity contribution < 1.29 is 9.53 Å². The van der Waals surface area contributed by atoms with Gasteiger partial charge in [0.2, 0.25) is 5.95 Å². The van der Waals surface area contributed by atoms with Crippen LogP contribution in [0.3, 0.4) is 0 Å². The molecule has 2 N–H and O–H groups in total. The third kappa shape index (κ3) is 4.85. The van der Waals surface area contributed by atoms with E-state index in [9.17, 15) is 4.79 Å². The molecule has 6 heteroatoms. The number of nitrogens with one attached hydrogen (secondary N) is 2. The predicted octanol–water partition coefficient (Wildman–Crippen LogP) is 4.88. The number of ether oxygens (including phenoxy) is 1. The summed E-state index contributed by atoms with van der Waals surface area (Å²) in [6.07, 6.45) is 3.06. The van der Waals surface area contributed by atoms with Crippen LogP contribution in [0.15, 0.2) is 54.9 Å². The van der Waals surface area contributed by atoms with Gasteiger partial charge in [-0.2, -0.15) is 0 Å². The van der Waals surface area contributed by atoms with E-state index < -0.39 is 0 Å². The first-order chi connectivity index (χ1) is 13.4. The highest BCUT2D eigenvalue weighted by atomic mass is 16.5. The quantitative estimate of drug-likeness (QED) is 0.641. The second-order valence-corrected chi connectivity index (χ2v) is 6.86. The van der Waals surface area contributed by atoms with E-state index >= 15 is 0 Å². The molecule has 0 saturated heterocycles. The highest BCUT2D eigenvalue weighted by Gasteiger charge is 2.11. The highest BCUT2D eigenvalue weighted by Crippen LogP contribution is 2.27. The van der Waals surface area contributed by atoms with Crippen LogP contribution in [-0.4, -0.2) is 22.0 Å². The molecular weight excluding hydrogens is 352 g/mol. The molecule has 0 saturated carbocycles. The van der Waals surface area contributed by atoms with Crippen LogP contribution in [0.2, 0.25) is 0 Å². The molecular formula is C22H24N4O2. The lowest BCUT2D eigenvalue weighted by Crippen LogP contribution is -2.14. The summed E-state index contributed by atoms with van der Waals surface area (Å²) in [5.41, 5.74) is 4.09. The molecule has 0 unspecified atom stereocenters. The van der Waals surface area contributed by atoms with Gasteiger partial charge < -0.3 is 15.4 Å². The van der Waals surface area contributed by atoms with Crippen molar-refractivity contribution in [2.45, 2.75) is 33.8 Å². The van der Waals surface area contributed by atoms with Gasteiger partial charge in [-0.1, -0.05) is 29.8 Å². The number of hydrogen-bond donors (Lipinski definition) is 2. The molecule has 6 nitrogen and oxygen atoms in total. The summed E-state index contributed by atoms with van der Waals surface area (Å²) in [4.78, 5) is 21.0. The van der Waals surface area contributed by atoms with Crippen LogP contribution in [0.5, 0.6) is 5.75 Å². The molecule has 3 rings (SSSR count). The number of aryl methyl sites for hydroxylation is 2. The third-order valence-corrected chi connectivity index (χ3v) is 4.04. The van der Waals surface area contributed by atoms with Crippen LogP contribution in [0.1, 0.15) is 35.3 Å². The summed E-state index contributed by atoms with van der Waals surface area (Å²) in [6.45, 7) is 7.91. The average molecular weight is 376 g/mol. The lowest BCUT2D eigenvalue weighted by molar-refractivity contribution is 0.102. The van der Waals surface area contributed by atoms with Crippen LogP contribution in [0.25, 0.3) is 0 Å². The Morgan fingerprint density at radius 1 is 1.00 bits per heavy atom. The average Bonchev–Trinajstić information content (AvgIpc) is 2.66. The van der Waals surface area contributed by atoms with Gasteiger partial charge in [-0.05, 0) is 51.5 Å². The van der Waals surface area contributed by atoms with Crippen LogP contribution < -0.4 is 15.4 Å². The summed E-state index contributed by atoms with van der Waals surface area (Å²) in [7, 11) is 0. The molecule has 0 aliphatic rings. The summed E-state index contributed by atoms with van der Waals surface area (Å²) < 4.78 is 5.78. The van der Waals surface area contributed by atoms with Crippen molar-refractivity contribution >= 4 is 23.2 Å². The zero-order valence-corrected chi connectivity index (χ0v) is 16.5. The fourth-order valence-corrected chi connectivity index (χ4v) is 2.71. The number of nitrogens with zero attached hydrogens (tertiary/aromatic N) is 2. The number of carbonyl (C=O) groups excluding carboxylic acids is 1.